The van der Waals surface area contributed by atoms with Crippen molar-refractivity contribution in [1.82, 2.24) is 15.3 Å². The average Bonchev–Trinajstić information content (AvgIpc) is 2.93. The number of carbonyl (C=O) groups excluding carboxylic acids is 2. The second-order valence-electron chi connectivity index (χ2n) is 8.90. The smallest absolute Gasteiger partial charge is 0.427 e. The maximum Gasteiger partial charge on any atom is 0.528 e. The van der Waals surface area contributed by atoms with Crippen LogP contribution in [0.4, 0.5) is 4.79 Å². The zero-order valence-electron chi connectivity index (χ0n) is 18.3. The summed E-state index contributed by atoms with van der Waals surface area (Å²) in [5.74, 6) is 1.10. The van der Waals surface area contributed by atoms with Gasteiger partial charge in [-0.3, -0.25) is 10.1 Å². The lowest BCUT2D eigenvalue weighted by Crippen LogP contribution is -2.58. The van der Waals surface area contributed by atoms with Gasteiger partial charge in [-0.05, 0) is 44.8 Å². The lowest BCUT2D eigenvalue weighted by atomic mass is 9.96. The molecule has 166 valence electrons. The van der Waals surface area contributed by atoms with Crippen molar-refractivity contribution < 1.29 is 19.2 Å². The molecule has 1 amide bonds. The highest BCUT2D eigenvalue weighted by Crippen LogP contribution is 2.35. The van der Waals surface area contributed by atoms with Gasteiger partial charge in [0.25, 0.3) is 0 Å². The molecule has 0 unspecified atom stereocenters. The number of thioether (sulfide) groups is 1. The quantitative estimate of drug-likeness (QED) is 0.687. The summed E-state index contributed by atoms with van der Waals surface area (Å²) >= 11 is 1.75. The van der Waals surface area contributed by atoms with Crippen LogP contribution in [0.3, 0.4) is 0 Å². The van der Waals surface area contributed by atoms with E-state index in [1.807, 2.05) is 43.9 Å². The van der Waals surface area contributed by atoms with Gasteiger partial charge in [-0.1, -0.05) is 30.3 Å². The molecule has 0 radical (unpaired) electrons. The van der Waals surface area contributed by atoms with E-state index in [2.05, 4.69) is 23.7 Å². The Morgan fingerprint density at radius 2 is 1.90 bits per heavy atom. The van der Waals surface area contributed by atoms with Crippen LogP contribution in [0.25, 0.3) is 0 Å². The molecule has 3 rings (SSSR count). The number of amides is 1. The Bertz CT molecular complexity index is 730. The monoisotopic (exact) mass is 435 g/mol. The maximum absolute atomic E-state index is 13.2. The highest BCUT2D eigenvalue weighted by Gasteiger charge is 2.51. The van der Waals surface area contributed by atoms with E-state index in [1.165, 1.54) is 0 Å². The Balaban J connectivity index is 1.68. The zero-order valence-corrected chi connectivity index (χ0v) is 19.2. The maximum atomic E-state index is 13.2. The summed E-state index contributed by atoms with van der Waals surface area (Å²) in [6.07, 6.45) is 3.55. The van der Waals surface area contributed by atoms with Crippen LogP contribution in [0.1, 0.15) is 45.6 Å². The minimum atomic E-state index is -0.687. The number of carbonyl (C=O) groups is 2. The molecule has 30 heavy (non-hydrogen) atoms. The van der Waals surface area contributed by atoms with Crippen LogP contribution in [0, 0.1) is 0 Å². The van der Waals surface area contributed by atoms with Gasteiger partial charge in [0.1, 0.15) is 5.60 Å². The lowest BCUT2D eigenvalue weighted by Gasteiger charge is -2.43. The molecule has 0 aliphatic carbocycles. The fourth-order valence-electron chi connectivity index (χ4n) is 4.03. The molecule has 2 fully saturated rings. The second-order valence-corrected chi connectivity index (χ2v) is 9.89. The summed E-state index contributed by atoms with van der Waals surface area (Å²) in [5.41, 5.74) is 0.110. The van der Waals surface area contributed by atoms with E-state index >= 15 is 0 Å². The van der Waals surface area contributed by atoms with Gasteiger partial charge in [-0.15, -0.1) is 5.06 Å². The summed E-state index contributed by atoms with van der Waals surface area (Å²) < 4.78 is 5.25. The Kier molecular flexibility index (Phi) is 7.31. The summed E-state index contributed by atoms with van der Waals surface area (Å²) in [4.78, 5) is 32.6. The van der Waals surface area contributed by atoms with E-state index in [0.717, 1.165) is 17.7 Å². The Morgan fingerprint density at radius 3 is 2.50 bits per heavy atom. The molecule has 1 spiro atoms. The summed E-state index contributed by atoms with van der Waals surface area (Å²) in [5, 5.41) is 5.28. The minimum absolute atomic E-state index is 0.161. The standard InChI is InChI=1S/C22H33N3O4S/c1-21(2,3)28-20(27)29-24-13-11-22(12-14-24)23-18(10-15-30-4)19(26)25(22)16-17-8-6-5-7-9-17/h5-9,18,23H,10-16H2,1-4H3/t18-/m0/s1. The largest absolute Gasteiger partial charge is 0.528 e. The molecule has 1 N–H and O–H groups in total. The van der Waals surface area contributed by atoms with Gasteiger partial charge in [-0.25, -0.2) is 4.79 Å². The van der Waals surface area contributed by atoms with Crippen LogP contribution in [0.2, 0.25) is 0 Å². The molecule has 1 aromatic rings. The lowest BCUT2D eigenvalue weighted by molar-refractivity contribution is -0.169. The first kappa shape index (κ1) is 22.9. The Hall–Kier alpha value is -1.77. The highest BCUT2D eigenvalue weighted by atomic mass is 32.2. The van der Waals surface area contributed by atoms with Gasteiger partial charge in [0.2, 0.25) is 5.91 Å². The number of rotatable bonds is 6. The number of ether oxygens (including phenoxy) is 1. The van der Waals surface area contributed by atoms with Crippen LogP contribution in [-0.4, -0.2) is 64.4 Å². The Labute approximate surface area is 183 Å². The number of hydrogen-bond acceptors (Lipinski definition) is 7. The fourth-order valence-corrected chi connectivity index (χ4v) is 4.50. The third-order valence-electron chi connectivity index (χ3n) is 5.46. The van der Waals surface area contributed by atoms with Crippen LogP contribution in [0.5, 0.6) is 0 Å². The highest BCUT2D eigenvalue weighted by molar-refractivity contribution is 7.98. The molecule has 2 saturated heterocycles. The SMILES string of the molecule is CSCC[C@@H]1NC2(CCN(OC(=O)OC(C)(C)C)CC2)N(Cc2ccccc2)C1=O. The molecule has 2 heterocycles. The minimum Gasteiger partial charge on any atom is -0.427 e. The fraction of sp³-hybridized carbons (Fsp3) is 0.636. The normalized spacial score (nSPS) is 21.8. The zero-order chi connectivity index (χ0) is 21.8. The van der Waals surface area contributed by atoms with Crippen LogP contribution < -0.4 is 5.32 Å². The molecule has 0 saturated carbocycles. The molecular weight excluding hydrogens is 402 g/mol. The van der Waals surface area contributed by atoms with Crippen molar-refractivity contribution in [3.05, 3.63) is 35.9 Å². The van der Waals surface area contributed by atoms with Crippen LogP contribution >= 0.6 is 11.8 Å². The molecule has 2 aliphatic rings. The number of piperidine rings is 1. The molecule has 1 aromatic carbocycles. The van der Waals surface area contributed by atoms with Crippen molar-refractivity contribution in [3.8, 4) is 0 Å². The van der Waals surface area contributed by atoms with Crippen molar-refractivity contribution in [2.75, 3.05) is 25.1 Å². The molecule has 2 aliphatic heterocycles. The van der Waals surface area contributed by atoms with Crippen molar-refractivity contribution >= 4 is 23.8 Å². The predicted molar refractivity (Wildman–Crippen MR) is 118 cm³/mol. The van der Waals surface area contributed by atoms with E-state index in [4.69, 9.17) is 9.57 Å². The van der Waals surface area contributed by atoms with E-state index in [1.54, 1.807) is 16.8 Å². The van der Waals surface area contributed by atoms with E-state index in [0.29, 0.717) is 32.5 Å². The molecule has 8 heteroatoms. The number of hydrogen-bond donors (Lipinski definition) is 1. The van der Waals surface area contributed by atoms with Crippen molar-refractivity contribution in [3.63, 3.8) is 0 Å². The topological polar surface area (TPSA) is 71.1 Å². The van der Waals surface area contributed by atoms with Gasteiger partial charge >= 0.3 is 6.16 Å². The molecule has 1 atom stereocenters. The molecular formula is C22H33N3O4S. The van der Waals surface area contributed by atoms with Gasteiger partial charge in [0.05, 0.1) is 11.7 Å². The first-order chi connectivity index (χ1) is 14.2. The molecule has 0 bridgehead atoms. The van der Waals surface area contributed by atoms with Crippen molar-refractivity contribution in [1.29, 1.82) is 0 Å². The second kappa shape index (κ2) is 9.58. The van der Waals surface area contributed by atoms with Crippen molar-refractivity contribution in [2.45, 2.75) is 63.9 Å². The van der Waals surface area contributed by atoms with E-state index < -0.39 is 17.4 Å². The van der Waals surface area contributed by atoms with Gasteiger partial charge in [0.15, 0.2) is 0 Å². The summed E-state index contributed by atoms with van der Waals surface area (Å²) in [7, 11) is 0. The number of nitrogens with zero attached hydrogens (tertiary/aromatic N) is 2. The van der Waals surface area contributed by atoms with Crippen molar-refractivity contribution in [2.24, 2.45) is 0 Å². The number of hydroxylamine groups is 2. The number of nitrogens with one attached hydrogen (secondary N) is 1. The van der Waals surface area contributed by atoms with E-state index in [9.17, 15) is 9.59 Å². The molecule has 7 nitrogen and oxygen atoms in total. The first-order valence-electron chi connectivity index (χ1n) is 10.5. The first-order valence-corrected chi connectivity index (χ1v) is 11.9. The third-order valence-corrected chi connectivity index (χ3v) is 6.10. The third kappa shape index (κ3) is 5.68. The molecule has 0 aromatic heterocycles. The van der Waals surface area contributed by atoms with Gasteiger partial charge < -0.3 is 14.5 Å². The average molecular weight is 436 g/mol. The summed E-state index contributed by atoms with van der Waals surface area (Å²) in [6, 6.07) is 9.92. The predicted octanol–water partition coefficient (Wildman–Crippen LogP) is 3.40. The van der Waals surface area contributed by atoms with Gasteiger partial charge in [0, 0.05) is 32.5 Å². The Morgan fingerprint density at radius 1 is 1.23 bits per heavy atom. The summed E-state index contributed by atoms with van der Waals surface area (Å²) in [6.45, 7) is 7.09. The van der Waals surface area contributed by atoms with Gasteiger partial charge in [-0.2, -0.15) is 11.8 Å². The van der Waals surface area contributed by atoms with E-state index in [-0.39, 0.29) is 11.9 Å². The van der Waals surface area contributed by atoms with Crippen LogP contribution in [0.15, 0.2) is 30.3 Å². The number of benzene rings is 1. The van der Waals surface area contributed by atoms with Crippen LogP contribution in [-0.2, 0) is 20.9 Å².